The molecule has 3 rings (SSSR count). The third-order valence-electron chi connectivity index (χ3n) is 3.85. The van der Waals surface area contributed by atoms with Crippen LogP contribution in [-0.4, -0.2) is 26.0 Å². The number of fused-ring (bicyclic) bond motifs is 3. The second kappa shape index (κ2) is 8.30. The Labute approximate surface area is 155 Å². The summed E-state index contributed by atoms with van der Waals surface area (Å²) < 4.78 is 15.8. The van der Waals surface area contributed by atoms with Gasteiger partial charge in [-0.3, -0.25) is 0 Å². The molecule has 2 aromatic carbocycles. The van der Waals surface area contributed by atoms with Gasteiger partial charge in [0.05, 0.1) is 0 Å². The molecule has 2 aromatic rings. The second-order valence-electron chi connectivity index (χ2n) is 5.33. The van der Waals surface area contributed by atoms with Gasteiger partial charge in [-0.2, -0.15) is 0 Å². The molecule has 0 saturated heterocycles. The van der Waals surface area contributed by atoms with Crippen LogP contribution in [0.5, 0.6) is 5.75 Å². The first-order valence-electron chi connectivity index (χ1n) is 7.72. The van der Waals surface area contributed by atoms with Crippen LogP contribution in [0.2, 0.25) is 0 Å². The Hall–Kier alpha value is -1.86. The summed E-state index contributed by atoms with van der Waals surface area (Å²) >= 11 is 1.78. The first-order valence-corrected chi connectivity index (χ1v) is 8.60. The molecule has 0 radical (unpaired) electrons. The SMILES string of the molecule is COCC/C=C/COc1ccc2c(c1)/C(=N\OI)c1ccccc1-2. The third kappa shape index (κ3) is 3.62. The van der Waals surface area contributed by atoms with Crippen LogP contribution in [0.15, 0.2) is 59.8 Å². The molecule has 0 atom stereocenters. The van der Waals surface area contributed by atoms with Gasteiger partial charge in [0.1, 0.15) is 18.1 Å². The molecular formula is C19H18INO3. The lowest BCUT2D eigenvalue weighted by Crippen LogP contribution is -2.00. The average molecular weight is 435 g/mol. The summed E-state index contributed by atoms with van der Waals surface area (Å²) in [6, 6.07) is 14.3. The number of oxime groups is 1. The van der Waals surface area contributed by atoms with E-state index in [-0.39, 0.29) is 0 Å². The van der Waals surface area contributed by atoms with E-state index in [0.717, 1.165) is 41.2 Å². The summed E-state index contributed by atoms with van der Waals surface area (Å²) in [5.41, 5.74) is 5.29. The van der Waals surface area contributed by atoms with E-state index >= 15 is 0 Å². The minimum absolute atomic E-state index is 0.532. The van der Waals surface area contributed by atoms with E-state index in [9.17, 15) is 0 Å². The lowest BCUT2D eigenvalue weighted by atomic mass is 10.1. The van der Waals surface area contributed by atoms with Gasteiger partial charge in [-0.05, 0) is 35.7 Å². The fourth-order valence-corrected chi connectivity index (χ4v) is 2.96. The number of ether oxygens (including phenoxy) is 2. The molecular weight excluding hydrogens is 417 g/mol. The van der Waals surface area contributed by atoms with Crippen molar-refractivity contribution in [2.24, 2.45) is 5.16 Å². The molecule has 0 aromatic heterocycles. The van der Waals surface area contributed by atoms with Crippen molar-refractivity contribution in [1.29, 1.82) is 0 Å². The van der Waals surface area contributed by atoms with Crippen molar-refractivity contribution in [3.05, 3.63) is 65.7 Å². The smallest absolute Gasteiger partial charge is 0.230 e. The van der Waals surface area contributed by atoms with Gasteiger partial charge < -0.3 is 12.6 Å². The van der Waals surface area contributed by atoms with Gasteiger partial charge in [0.2, 0.25) is 23.0 Å². The number of rotatable bonds is 7. The maximum atomic E-state index is 5.81. The third-order valence-corrected chi connectivity index (χ3v) is 4.04. The molecule has 24 heavy (non-hydrogen) atoms. The summed E-state index contributed by atoms with van der Waals surface area (Å²) in [5, 5.41) is 4.20. The van der Waals surface area contributed by atoms with E-state index in [1.54, 1.807) is 30.1 Å². The van der Waals surface area contributed by atoms with Gasteiger partial charge in [-0.25, -0.2) is 0 Å². The van der Waals surface area contributed by atoms with Gasteiger partial charge in [-0.1, -0.05) is 41.6 Å². The molecule has 0 unspecified atom stereocenters. The van der Waals surface area contributed by atoms with E-state index in [0.29, 0.717) is 6.61 Å². The first-order chi connectivity index (χ1) is 11.8. The quantitative estimate of drug-likeness (QED) is 0.233. The number of benzene rings is 2. The molecule has 0 amide bonds. The summed E-state index contributed by atoms with van der Waals surface area (Å²) in [6.45, 7) is 1.26. The monoisotopic (exact) mass is 435 g/mol. The van der Waals surface area contributed by atoms with Crippen molar-refractivity contribution in [2.75, 3.05) is 20.3 Å². The van der Waals surface area contributed by atoms with E-state index in [2.05, 4.69) is 29.4 Å². The van der Waals surface area contributed by atoms with Crippen molar-refractivity contribution < 1.29 is 12.6 Å². The predicted octanol–water partition coefficient (Wildman–Crippen LogP) is 4.76. The van der Waals surface area contributed by atoms with E-state index < -0.39 is 0 Å². The van der Waals surface area contributed by atoms with Crippen molar-refractivity contribution in [3.8, 4) is 16.9 Å². The Morgan fingerprint density at radius 2 is 1.79 bits per heavy atom. The van der Waals surface area contributed by atoms with Gasteiger partial charge in [-0.15, -0.1) is 0 Å². The van der Waals surface area contributed by atoms with Gasteiger partial charge in [0, 0.05) is 24.8 Å². The van der Waals surface area contributed by atoms with Crippen molar-refractivity contribution in [2.45, 2.75) is 6.42 Å². The molecule has 0 heterocycles. The molecule has 0 saturated carbocycles. The number of halogens is 1. The van der Waals surface area contributed by atoms with Crippen molar-refractivity contribution >= 4 is 28.7 Å². The van der Waals surface area contributed by atoms with Crippen LogP contribution in [0.3, 0.4) is 0 Å². The highest BCUT2D eigenvalue weighted by atomic mass is 127. The minimum atomic E-state index is 0.532. The zero-order valence-electron chi connectivity index (χ0n) is 13.4. The van der Waals surface area contributed by atoms with E-state index in [4.69, 9.17) is 12.6 Å². The van der Waals surface area contributed by atoms with Crippen LogP contribution < -0.4 is 4.74 Å². The molecule has 1 aliphatic carbocycles. The van der Waals surface area contributed by atoms with Crippen molar-refractivity contribution in [1.82, 2.24) is 0 Å². The fourth-order valence-electron chi connectivity index (χ4n) is 2.76. The number of hydrogen-bond donors (Lipinski definition) is 0. The van der Waals surface area contributed by atoms with Gasteiger partial charge >= 0.3 is 0 Å². The summed E-state index contributed by atoms with van der Waals surface area (Å²) in [4.78, 5) is 0. The molecule has 0 N–H and O–H groups in total. The van der Waals surface area contributed by atoms with Gasteiger partial charge in [0.15, 0.2) is 0 Å². The maximum Gasteiger partial charge on any atom is 0.230 e. The maximum absolute atomic E-state index is 5.81. The van der Waals surface area contributed by atoms with Crippen LogP contribution in [0.25, 0.3) is 11.1 Å². The molecule has 0 spiro atoms. The first kappa shape index (κ1) is 17.0. The Bertz CT molecular complexity index is 771. The molecule has 0 bridgehead atoms. The molecule has 124 valence electrons. The highest BCUT2D eigenvalue weighted by Crippen LogP contribution is 2.38. The topological polar surface area (TPSA) is 40.0 Å². The largest absolute Gasteiger partial charge is 0.490 e. The van der Waals surface area contributed by atoms with Crippen LogP contribution in [0, 0.1) is 0 Å². The Balaban J connectivity index is 1.79. The normalized spacial score (nSPS) is 14.0. The minimum Gasteiger partial charge on any atom is -0.490 e. The molecule has 0 aliphatic heterocycles. The Kier molecular flexibility index (Phi) is 5.87. The van der Waals surface area contributed by atoms with Crippen LogP contribution in [-0.2, 0) is 7.90 Å². The fraction of sp³-hybridized carbons (Fsp3) is 0.211. The van der Waals surface area contributed by atoms with Crippen molar-refractivity contribution in [3.63, 3.8) is 0 Å². The zero-order chi connectivity index (χ0) is 16.8. The lowest BCUT2D eigenvalue weighted by molar-refractivity contribution is 0.204. The average Bonchev–Trinajstić information content (AvgIpc) is 2.92. The summed E-state index contributed by atoms with van der Waals surface area (Å²) in [7, 11) is 1.70. The van der Waals surface area contributed by atoms with Gasteiger partial charge in [0.25, 0.3) is 0 Å². The lowest BCUT2D eigenvalue weighted by Gasteiger charge is -2.06. The zero-order valence-corrected chi connectivity index (χ0v) is 15.5. The highest BCUT2D eigenvalue weighted by Gasteiger charge is 2.25. The standard InChI is InChI=1S/C19H18INO3/c1-22-11-5-2-6-12-23-14-9-10-16-15-7-3-4-8-17(15)19(21-24-20)18(16)13-14/h2-4,6-10,13H,5,11-12H2,1H3/b6-2+,21-19-. The summed E-state index contributed by atoms with van der Waals surface area (Å²) in [6.07, 6.45) is 4.95. The number of methoxy groups -OCH3 is 1. The second-order valence-corrected chi connectivity index (χ2v) is 5.72. The Morgan fingerprint density at radius 1 is 1.00 bits per heavy atom. The number of hydrogen-bond acceptors (Lipinski definition) is 4. The molecule has 4 nitrogen and oxygen atoms in total. The molecule has 0 fully saturated rings. The summed E-state index contributed by atoms with van der Waals surface area (Å²) in [5.74, 6) is 0.819. The number of nitrogens with zero attached hydrogens (tertiary/aromatic N) is 1. The van der Waals surface area contributed by atoms with Crippen LogP contribution in [0.1, 0.15) is 17.5 Å². The van der Waals surface area contributed by atoms with Crippen LogP contribution in [0.4, 0.5) is 0 Å². The van der Waals surface area contributed by atoms with E-state index in [1.807, 2.05) is 30.3 Å². The Morgan fingerprint density at radius 3 is 2.58 bits per heavy atom. The van der Waals surface area contributed by atoms with E-state index in [1.165, 1.54) is 5.56 Å². The molecule has 1 aliphatic rings. The highest BCUT2D eigenvalue weighted by molar-refractivity contribution is 14.1. The molecule has 5 heteroatoms. The van der Waals surface area contributed by atoms with Crippen LogP contribution >= 0.6 is 23.0 Å². The predicted molar refractivity (Wildman–Crippen MR) is 104 cm³/mol.